The fraction of sp³-hybridized carbons (Fsp3) is 0.250. The average molecular weight is 291 g/mol. The Morgan fingerprint density at radius 3 is 2.86 bits per heavy atom. The number of anilines is 1. The van der Waals surface area contributed by atoms with E-state index in [0.717, 1.165) is 0 Å². The first kappa shape index (κ1) is 14.4. The van der Waals surface area contributed by atoms with Crippen molar-refractivity contribution in [2.45, 2.75) is 13.5 Å². The van der Waals surface area contributed by atoms with Crippen molar-refractivity contribution < 1.29 is 19.4 Å². The number of hydrogen-bond acceptors (Lipinski definition) is 7. The molecule has 0 unspecified atom stereocenters. The fourth-order valence-corrected chi connectivity index (χ4v) is 1.59. The van der Waals surface area contributed by atoms with Crippen molar-refractivity contribution in [1.82, 2.24) is 20.2 Å². The average Bonchev–Trinajstić information content (AvgIpc) is 2.91. The number of phenolic OH excluding ortho intramolecular Hbond substituents is 1. The van der Waals surface area contributed by atoms with Gasteiger partial charge in [0.1, 0.15) is 24.2 Å². The zero-order valence-electron chi connectivity index (χ0n) is 11.2. The SMILES string of the molecule is CCOC(=O)c1ccc(NC(=O)Cn2cnnn2)cc1O. The first-order chi connectivity index (χ1) is 10.1. The van der Waals surface area contributed by atoms with Crippen molar-refractivity contribution in [3.05, 3.63) is 30.1 Å². The fourth-order valence-electron chi connectivity index (χ4n) is 1.59. The third-order valence-corrected chi connectivity index (χ3v) is 2.47. The Kier molecular flexibility index (Phi) is 4.44. The maximum Gasteiger partial charge on any atom is 0.341 e. The topological polar surface area (TPSA) is 119 Å². The van der Waals surface area contributed by atoms with Crippen LogP contribution in [0.4, 0.5) is 5.69 Å². The highest BCUT2D eigenvalue weighted by Crippen LogP contribution is 2.22. The predicted molar refractivity (Wildman–Crippen MR) is 70.5 cm³/mol. The summed E-state index contributed by atoms with van der Waals surface area (Å²) in [5.74, 6) is -1.26. The van der Waals surface area contributed by atoms with Crippen molar-refractivity contribution in [2.75, 3.05) is 11.9 Å². The maximum atomic E-state index is 11.7. The highest BCUT2D eigenvalue weighted by molar-refractivity contribution is 5.95. The number of carbonyl (C=O) groups excluding carboxylic acids is 2. The number of carbonyl (C=O) groups is 2. The van der Waals surface area contributed by atoms with E-state index in [-0.39, 0.29) is 30.4 Å². The van der Waals surface area contributed by atoms with E-state index in [2.05, 4.69) is 20.8 Å². The van der Waals surface area contributed by atoms with Crippen LogP contribution in [0.2, 0.25) is 0 Å². The number of aromatic hydroxyl groups is 1. The van der Waals surface area contributed by atoms with E-state index >= 15 is 0 Å². The molecule has 9 heteroatoms. The molecule has 0 spiro atoms. The number of esters is 1. The van der Waals surface area contributed by atoms with E-state index in [0.29, 0.717) is 5.69 Å². The normalized spacial score (nSPS) is 10.1. The van der Waals surface area contributed by atoms with Gasteiger partial charge >= 0.3 is 5.97 Å². The monoisotopic (exact) mass is 291 g/mol. The minimum Gasteiger partial charge on any atom is -0.507 e. The Hall–Kier alpha value is -2.97. The van der Waals surface area contributed by atoms with Gasteiger partial charge in [-0.15, -0.1) is 5.10 Å². The van der Waals surface area contributed by atoms with Gasteiger partial charge in [-0.1, -0.05) is 0 Å². The van der Waals surface area contributed by atoms with Gasteiger partial charge in [0.25, 0.3) is 0 Å². The molecule has 2 rings (SSSR count). The summed E-state index contributed by atoms with van der Waals surface area (Å²) in [5, 5.41) is 22.7. The second kappa shape index (κ2) is 6.46. The number of nitrogens with zero attached hydrogens (tertiary/aromatic N) is 4. The van der Waals surface area contributed by atoms with Crippen LogP contribution in [-0.4, -0.2) is 43.8 Å². The molecule has 0 fully saturated rings. The van der Waals surface area contributed by atoms with E-state index in [1.54, 1.807) is 6.92 Å². The van der Waals surface area contributed by atoms with Gasteiger partial charge in [-0.3, -0.25) is 4.79 Å². The number of phenols is 1. The molecule has 1 amide bonds. The van der Waals surface area contributed by atoms with Crippen molar-refractivity contribution in [2.24, 2.45) is 0 Å². The molecule has 0 aliphatic rings. The molecule has 0 saturated carbocycles. The first-order valence-corrected chi connectivity index (χ1v) is 6.11. The van der Waals surface area contributed by atoms with Crippen LogP contribution in [0, 0.1) is 0 Å². The van der Waals surface area contributed by atoms with Crippen LogP contribution in [0.15, 0.2) is 24.5 Å². The Bertz CT molecular complexity index is 641. The third-order valence-electron chi connectivity index (χ3n) is 2.47. The minimum absolute atomic E-state index is 0.0373. The number of hydrogen-bond donors (Lipinski definition) is 2. The molecule has 1 heterocycles. The Labute approximate surface area is 119 Å². The molecule has 1 aromatic carbocycles. The summed E-state index contributed by atoms with van der Waals surface area (Å²) in [7, 11) is 0. The molecule has 1 aromatic heterocycles. The Morgan fingerprint density at radius 1 is 1.43 bits per heavy atom. The molecule has 0 aliphatic carbocycles. The van der Waals surface area contributed by atoms with Crippen LogP contribution in [0.25, 0.3) is 0 Å². The van der Waals surface area contributed by atoms with Gasteiger partial charge in [-0.2, -0.15) is 0 Å². The molecule has 2 aromatic rings. The number of tetrazole rings is 1. The maximum absolute atomic E-state index is 11.7. The van der Waals surface area contributed by atoms with Gasteiger partial charge in [0.15, 0.2) is 0 Å². The van der Waals surface area contributed by atoms with Gasteiger partial charge < -0.3 is 15.2 Å². The predicted octanol–water partition coefficient (Wildman–Crippen LogP) is 0.194. The van der Waals surface area contributed by atoms with Crippen molar-refractivity contribution in [3.63, 3.8) is 0 Å². The van der Waals surface area contributed by atoms with Gasteiger partial charge in [0.05, 0.1) is 6.61 Å². The Morgan fingerprint density at radius 2 is 2.24 bits per heavy atom. The molecule has 0 aliphatic heterocycles. The lowest BCUT2D eigenvalue weighted by molar-refractivity contribution is -0.116. The Balaban J connectivity index is 2.03. The summed E-state index contributed by atoms with van der Waals surface area (Å²) in [6.45, 7) is 1.82. The second-order valence-electron chi connectivity index (χ2n) is 4.01. The lowest BCUT2D eigenvalue weighted by Gasteiger charge is -2.08. The second-order valence-corrected chi connectivity index (χ2v) is 4.01. The van der Waals surface area contributed by atoms with Crippen molar-refractivity contribution in [3.8, 4) is 5.75 Å². The molecule has 0 saturated heterocycles. The molecule has 2 N–H and O–H groups in total. The summed E-state index contributed by atoms with van der Waals surface area (Å²) >= 11 is 0. The summed E-state index contributed by atoms with van der Waals surface area (Å²) in [6.07, 6.45) is 1.31. The molecule has 9 nitrogen and oxygen atoms in total. The van der Waals surface area contributed by atoms with Crippen LogP contribution in [0.1, 0.15) is 17.3 Å². The minimum atomic E-state index is -0.624. The van der Waals surface area contributed by atoms with Crippen LogP contribution in [0.3, 0.4) is 0 Å². The molecule has 0 bridgehead atoms. The molecule has 110 valence electrons. The van der Waals surface area contributed by atoms with Crippen molar-refractivity contribution in [1.29, 1.82) is 0 Å². The number of ether oxygens (including phenoxy) is 1. The zero-order chi connectivity index (χ0) is 15.2. The molecule has 21 heavy (non-hydrogen) atoms. The summed E-state index contributed by atoms with van der Waals surface area (Å²) in [5.41, 5.74) is 0.383. The summed E-state index contributed by atoms with van der Waals surface area (Å²) in [4.78, 5) is 23.2. The highest BCUT2D eigenvalue weighted by atomic mass is 16.5. The summed E-state index contributed by atoms with van der Waals surface area (Å²) < 4.78 is 6.04. The van der Waals surface area contributed by atoms with Crippen LogP contribution in [0.5, 0.6) is 5.75 Å². The van der Waals surface area contributed by atoms with Gasteiger partial charge in [0.2, 0.25) is 5.91 Å². The van der Waals surface area contributed by atoms with Crippen LogP contribution < -0.4 is 5.32 Å². The van der Waals surface area contributed by atoms with Crippen LogP contribution in [-0.2, 0) is 16.1 Å². The number of benzene rings is 1. The quantitative estimate of drug-likeness (QED) is 0.755. The first-order valence-electron chi connectivity index (χ1n) is 6.11. The van der Waals surface area contributed by atoms with E-state index in [1.165, 1.54) is 29.2 Å². The number of aromatic nitrogens is 4. The van der Waals surface area contributed by atoms with E-state index in [4.69, 9.17) is 4.74 Å². The van der Waals surface area contributed by atoms with Gasteiger partial charge in [-0.05, 0) is 29.5 Å². The largest absolute Gasteiger partial charge is 0.507 e. The third kappa shape index (κ3) is 3.75. The molecular weight excluding hydrogens is 278 g/mol. The molecule has 0 radical (unpaired) electrons. The molecule has 0 atom stereocenters. The highest BCUT2D eigenvalue weighted by Gasteiger charge is 2.13. The lowest BCUT2D eigenvalue weighted by atomic mass is 10.2. The summed E-state index contributed by atoms with van der Waals surface area (Å²) in [6, 6.07) is 4.13. The van der Waals surface area contributed by atoms with Gasteiger partial charge in [0, 0.05) is 11.8 Å². The smallest absolute Gasteiger partial charge is 0.341 e. The van der Waals surface area contributed by atoms with E-state index < -0.39 is 5.97 Å². The standard InChI is InChI=1S/C12H13N5O4/c1-2-21-12(20)9-4-3-8(5-10(9)18)14-11(19)6-17-7-13-15-16-17/h3-5,7,18H,2,6H2,1H3,(H,14,19). The number of rotatable bonds is 5. The lowest BCUT2D eigenvalue weighted by Crippen LogP contribution is -2.19. The number of amides is 1. The zero-order valence-corrected chi connectivity index (χ0v) is 11.2. The van der Waals surface area contributed by atoms with Crippen molar-refractivity contribution >= 4 is 17.6 Å². The van der Waals surface area contributed by atoms with E-state index in [1.807, 2.05) is 0 Å². The van der Waals surface area contributed by atoms with E-state index in [9.17, 15) is 14.7 Å². The number of nitrogens with one attached hydrogen (secondary N) is 1. The van der Waals surface area contributed by atoms with Crippen LogP contribution >= 0.6 is 0 Å². The van der Waals surface area contributed by atoms with Gasteiger partial charge in [-0.25, -0.2) is 9.48 Å². The molecular formula is C12H13N5O4.